The van der Waals surface area contributed by atoms with E-state index < -0.39 is 10.0 Å². The fourth-order valence-electron chi connectivity index (χ4n) is 3.47. The fourth-order valence-corrected chi connectivity index (χ4v) is 5.43. The van der Waals surface area contributed by atoms with Gasteiger partial charge in [-0.25, -0.2) is 8.42 Å². The maximum absolute atomic E-state index is 13.1. The molecule has 1 aromatic rings. The Morgan fingerprint density at radius 3 is 2.33 bits per heavy atom. The van der Waals surface area contributed by atoms with Crippen molar-refractivity contribution in [2.75, 3.05) is 19.7 Å². The van der Waals surface area contributed by atoms with E-state index in [0.29, 0.717) is 36.4 Å². The molecule has 0 amide bonds. The van der Waals surface area contributed by atoms with Gasteiger partial charge in [0.1, 0.15) is 5.75 Å². The largest absolute Gasteiger partial charge is 0.493 e. The van der Waals surface area contributed by atoms with Crippen LogP contribution < -0.4 is 4.74 Å². The molecule has 0 radical (unpaired) electrons. The average Bonchev–Trinajstić information content (AvgIpc) is 2.50. The number of hydrogen-bond acceptors (Lipinski definition) is 3. The van der Waals surface area contributed by atoms with Crippen LogP contribution in [0.4, 0.5) is 0 Å². The first-order chi connectivity index (χ1) is 11.3. The molecule has 0 spiro atoms. The minimum absolute atomic E-state index is 0.404. The highest BCUT2D eigenvalue weighted by Crippen LogP contribution is 2.32. The molecule has 0 saturated carbocycles. The Balaban J connectivity index is 2.29. The lowest BCUT2D eigenvalue weighted by atomic mass is 9.94. The van der Waals surface area contributed by atoms with Gasteiger partial charge in [0.25, 0.3) is 0 Å². The molecule has 1 aromatic carbocycles. The molecule has 1 fully saturated rings. The van der Waals surface area contributed by atoms with Crippen molar-refractivity contribution >= 4 is 10.0 Å². The molecule has 0 N–H and O–H groups in total. The van der Waals surface area contributed by atoms with Crippen LogP contribution in [0.2, 0.25) is 0 Å². The van der Waals surface area contributed by atoms with E-state index in [2.05, 4.69) is 20.8 Å². The highest BCUT2D eigenvalue weighted by atomic mass is 32.2. The van der Waals surface area contributed by atoms with Crippen LogP contribution in [0, 0.1) is 25.7 Å². The van der Waals surface area contributed by atoms with Gasteiger partial charge < -0.3 is 4.74 Å². The van der Waals surface area contributed by atoms with E-state index in [1.807, 2.05) is 19.9 Å². The molecule has 0 bridgehead atoms. The lowest BCUT2D eigenvalue weighted by Gasteiger charge is -2.34. The van der Waals surface area contributed by atoms with Crippen LogP contribution in [0.1, 0.15) is 51.2 Å². The van der Waals surface area contributed by atoms with Crippen LogP contribution in [0.15, 0.2) is 17.0 Å². The SMILES string of the molecule is CCCCOc1ccc(S(=O)(=O)N2C[C@H](C)C[C@@H](C)C2)c(C)c1C. The number of unbranched alkanes of at least 4 members (excludes halogenated alkanes) is 1. The van der Waals surface area contributed by atoms with Gasteiger partial charge in [-0.1, -0.05) is 27.2 Å². The molecule has 5 heteroatoms. The molecular weight excluding hydrogens is 322 g/mol. The molecule has 2 rings (SSSR count). The first-order valence-electron chi connectivity index (χ1n) is 9.00. The summed E-state index contributed by atoms with van der Waals surface area (Å²) in [5.74, 6) is 1.60. The van der Waals surface area contributed by atoms with Crippen molar-refractivity contribution in [3.8, 4) is 5.75 Å². The summed E-state index contributed by atoms with van der Waals surface area (Å²) in [6, 6.07) is 3.52. The van der Waals surface area contributed by atoms with E-state index >= 15 is 0 Å². The third-order valence-corrected chi connectivity index (χ3v) is 6.87. The minimum atomic E-state index is -3.45. The summed E-state index contributed by atoms with van der Waals surface area (Å²) in [7, 11) is -3.45. The van der Waals surface area contributed by atoms with Crippen molar-refractivity contribution in [3.05, 3.63) is 23.3 Å². The maximum Gasteiger partial charge on any atom is 0.243 e. The van der Waals surface area contributed by atoms with Crippen molar-refractivity contribution in [2.45, 2.75) is 58.8 Å². The molecule has 1 heterocycles. The van der Waals surface area contributed by atoms with Crippen molar-refractivity contribution < 1.29 is 13.2 Å². The third kappa shape index (κ3) is 4.12. The molecule has 24 heavy (non-hydrogen) atoms. The van der Waals surface area contributed by atoms with Crippen molar-refractivity contribution in [3.63, 3.8) is 0 Å². The molecule has 1 aliphatic rings. The number of hydrogen-bond donors (Lipinski definition) is 0. The van der Waals surface area contributed by atoms with Gasteiger partial charge in [-0.3, -0.25) is 0 Å². The van der Waals surface area contributed by atoms with E-state index in [-0.39, 0.29) is 0 Å². The molecule has 4 nitrogen and oxygen atoms in total. The predicted molar refractivity (Wildman–Crippen MR) is 98.0 cm³/mol. The van der Waals surface area contributed by atoms with E-state index in [0.717, 1.165) is 36.1 Å². The van der Waals surface area contributed by atoms with Gasteiger partial charge in [-0.05, 0) is 61.8 Å². The summed E-state index contributed by atoms with van der Waals surface area (Å²) in [4.78, 5) is 0.421. The molecule has 0 unspecified atom stereocenters. The number of ether oxygens (including phenoxy) is 1. The van der Waals surface area contributed by atoms with Gasteiger partial charge in [0, 0.05) is 13.1 Å². The van der Waals surface area contributed by atoms with Crippen LogP contribution in [-0.4, -0.2) is 32.4 Å². The van der Waals surface area contributed by atoms with Gasteiger partial charge in [-0.2, -0.15) is 4.31 Å². The van der Waals surface area contributed by atoms with Gasteiger partial charge in [0.05, 0.1) is 11.5 Å². The minimum Gasteiger partial charge on any atom is -0.493 e. The van der Waals surface area contributed by atoms with E-state index in [9.17, 15) is 8.42 Å². The summed E-state index contributed by atoms with van der Waals surface area (Å²) in [5, 5.41) is 0. The lowest BCUT2D eigenvalue weighted by Crippen LogP contribution is -2.42. The van der Waals surface area contributed by atoms with Crippen LogP contribution >= 0.6 is 0 Å². The fraction of sp³-hybridized carbons (Fsp3) is 0.684. The number of benzene rings is 1. The zero-order valence-corrected chi connectivity index (χ0v) is 16.4. The highest BCUT2D eigenvalue weighted by molar-refractivity contribution is 7.89. The van der Waals surface area contributed by atoms with Crippen molar-refractivity contribution in [1.29, 1.82) is 0 Å². The number of nitrogens with zero attached hydrogens (tertiary/aromatic N) is 1. The standard InChI is InChI=1S/C19H31NO3S/c1-6-7-10-23-18-8-9-19(17(5)16(18)4)24(21,22)20-12-14(2)11-15(3)13-20/h8-9,14-15H,6-7,10-13H2,1-5H3/t14-,15-/m1/s1. The Morgan fingerprint density at radius 2 is 1.75 bits per heavy atom. The normalized spacial score (nSPS) is 22.5. The van der Waals surface area contributed by atoms with Gasteiger partial charge in [0.2, 0.25) is 10.0 Å². The van der Waals surface area contributed by atoms with Crippen molar-refractivity contribution in [1.82, 2.24) is 4.31 Å². The molecule has 2 atom stereocenters. The number of piperidine rings is 1. The van der Waals surface area contributed by atoms with Crippen LogP contribution in [0.25, 0.3) is 0 Å². The summed E-state index contributed by atoms with van der Waals surface area (Å²) in [5.41, 5.74) is 1.72. The maximum atomic E-state index is 13.1. The number of sulfonamides is 1. The van der Waals surface area contributed by atoms with Crippen LogP contribution in [-0.2, 0) is 10.0 Å². The molecule has 1 aliphatic heterocycles. The molecule has 1 saturated heterocycles. The quantitative estimate of drug-likeness (QED) is 0.722. The van der Waals surface area contributed by atoms with Gasteiger partial charge in [-0.15, -0.1) is 0 Å². The molecule has 0 aromatic heterocycles. The van der Waals surface area contributed by atoms with Crippen LogP contribution in [0.3, 0.4) is 0 Å². The second kappa shape index (κ2) is 7.87. The lowest BCUT2D eigenvalue weighted by molar-refractivity contribution is 0.222. The third-order valence-electron chi connectivity index (χ3n) is 4.90. The van der Waals surface area contributed by atoms with Gasteiger partial charge >= 0.3 is 0 Å². The molecule has 0 aliphatic carbocycles. The Morgan fingerprint density at radius 1 is 1.12 bits per heavy atom. The monoisotopic (exact) mass is 353 g/mol. The highest BCUT2D eigenvalue weighted by Gasteiger charge is 2.33. The second-order valence-electron chi connectivity index (χ2n) is 7.28. The van der Waals surface area contributed by atoms with Crippen LogP contribution in [0.5, 0.6) is 5.75 Å². The summed E-state index contributed by atoms with van der Waals surface area (Å²) < 4.78 is 33.7. The van der Waals surface area contributed by atoms with E-state index in [1.165, 1.54) is 0 Å². The van der Waals surface area contributed by atoms with E-state index in [4.69, 9.17) is 4.74 Å². The Bertz CT molecular complexity index is 659. The Kier molecular flexibility index (Phi) is 6.32. The summed E-state index contributed by atoms with van der Waals surface area (Å²) >= 11 is 0. The zero-order chi connectivity index (χ0) is 17.9. The molecule has 136 valence electrons. The van der Waals surface area contributed by atoms with E-state index in [1.54, 1.807) is 10.4 Å². The van der Waals surface area contributed by atoms with Gasteiger partial charge in [0.15, 0.2) is 0 Å². The number of rotatable bonds is 6. The topological polar surface area (TPSA) is 46.6 Å². The Labute approximate surface area is 147 Å². The second-order valence-corrected chi connectivity index (χ2v) is 9.19. The summed E-state index contributed by atoms with van der Waals surface area (Å²) in [6.45, 7) is 12.1. The van der Waals surface area contributed by atoms with Crippen molar-refractivity contribution in [2.24, 2.45) is 11.8 Å². The zero-order valence-electron chi connectivity index (χ0n) is 15.6. The average molecular weight is 354 g/mol. The predicted octanol–water partition coefficient (Wildman–Crippen LogP) is 4.15. The smallest absolute Gasteiger partial charge is 0.243 e. The Hall–Kier alpha value is -1.07. The first kappa shape index (κ1) is 19.3. The summed E-state index contributed by atoms with van der Waals surface area (Å²) in [6.07, 6.45) is 3.17. The first-order valence-corrected chi connectivity index (χ1v) is 10.4. The molecular formula is C19H31NO3S.